The van der Waals surface area contributed by atoms with Gasteiger partial charge in [-0.2, -0.15) is 8.78 Å². The Kier molecular flexibility index (Phi) is 4.56. The number of hydrogen-bond donors (Lipinski definition) is 0. The Morgan fingerprint density at radius 3 is 2.59 bits per heavy atom. The highest BCUT2D eigenvalue weighted by atomic mass is 79.9. The van der Waals surface area contributed by atoms with E-state index in [0.29, 0.717) is 6.29 Å². The molecule has 0 amide bonds. The third kappa shape index (κ3) is 3.23. The minimum atomic E-state index is -3.02. The Morgan fingerprint density at radius 1 is 1.47 bits per heavy atom. The number of benzene rings is 1. The van der Waals surface area contributed by atoms with Crippen molar-refractivity contribution in [3.8, 4) is 5.75 Å². The Bertz CT molecular complexity index is 448. The van der Waals surface area contributed by atoms with E-state index in [2.05, 4.69) is 25.4 Å². The van der Waals surface area contributed by atoms with Crippen LogP contribution in [-0.2, 0) is 4.74 Å². The van der Waals surface area contributed by atoms with Crippen molar-refractivity contribution in [2.75, 3.05) is 7.11 Å². The Morgan fingerprint density at radius 2 is 2.12 bits per heavy atom. The molecule has 1 aromatic carbocycles. The van der Waals surface area contributed by atoms with Gasteiger partial charge in [0, 0.05) is 5.56 Å². The van der Waals surface area contributed by atoms with E-state index in [1.165, 1.54) is 6.07 Å². The molecule has 1 rings (SSSR count). The van der Waals surface area contributed by atoms with Crippen LogP contribution in [0.5, 0.6) is 5.75 Å². The standard InChI is InChI=1S/C10H7BrF2O4/c1-16-9(15)6-3-7(11)8(17-10(12)13)2-5(6)4-14/h2-4,10H,1H3. The zero-order valence-corrected chi connectivity index (χ0v) is 10.2. The predicted octanol–water partition coefficient (Wildman–Crippen LogP) is 2.65. The molecular weight excluding hydrogens is 302 g/mol. The molecule has 0 saturated heterocycles. The molecule has 0 aliphatic heterocycles. The van der Waals surface area contributed by atoms with Gasteiger partial charge < -0.3 is 9.47 Å². The molecule has 7 heteroatoms. The van der Waals surface area contributed by atoms with Crippen LogP contribution in [0.25, 0.3) is 0 Å². The van der Waals surface area contributed by atoms with Gasteiger partial charge in [0.25, 0.3) is 0 Å². The number of esters is 1. The largest absolute Gasteiger partial charge is 0.465 e. The van der Waals surface area contributed by atoms with Gasteiger partial charge in [0.1, 0.15) is 5.75 Å². The van der Waals surface area contributed by atoms with Crippen LogP contribution in [0.15, 0.2) is 16.6 Å². The first-order valence-electron chi connectivity index (χ1n) is 4.31. The van der Waals surface area contributed by atoms with E-state index in [-0.39, 0.29) is 21.3 Å². The van der Waals surface area contributed by atoms with Gasteiger partial charge >= 0.3 is 12.6 Å². The summed E-state index contributed by atoms with van der Waals surface area (Å²) in [5.74, 6) is -0.967. The SMILES string of the molecule is COC(=O)c1cc(Br)c(OC(F)F)cc1C=O. The lowest BCUT2D eigenvalue weighted by molar-refractivity contribution is -0.0503. The molecule has 0 bridgehead atoms. The van der Waals surface area contributed by atoms with Gasteiger partial charge in [0.15, 0.2) is 6.29 Å². The second kappa shape index (κ2) is 5.72. The summed E-state index contributed by atoms with van der Waals surface area (Å²) in [6, 6.07) is 2.22. The minimum absolute atomic E-state index is 0.0315. The fourth-order valence-electron chi connectivity index (χ4n) is 1.14. The number of carbonyl (C=O) groups excluding carboxylic acids is 2. The second-order valence-corrected chi connectivity index (χ2v) is 3.71. The lowest BCUT2D eigenvalue weighted by Crippen LogP contribution is -2.08. The van der Waals surface area contributed by atoms with Crippen LogP contribution in [0, 0.1) is 0 Å². The Balaban J connectivity index is 3.24. The summed E-state index contributed by atoms with van der Waals surface area (Å²) in [7, 11) is 1.15. The number of halogens is 3. The van der Waals surface area contributed by atoms with Gasteiger partial charge in [-0.3, -0.25) is 4.79 Å². The average Bonchev–Trinajstić information content (AvgIpc) is 2.29. The molecule has 0 fully saturated rings. The predicted molar refractivity (Wildman–Crippen MR) is 57.5 cm³/mol. The molecule has 0 saturated carbocycles. The molecule has 0 aliphatic carbocycles. The van der Waals surface area contributed by atoms with Crippen LogP contribution in [0.4, 0.5) is 8.78 Å². The molecule has 17 heavy (non-hydrogen) atoms. The quantitative estimate of drug-likeness (QED) is 0.634. The van der Waals surface area contributed by atoms with E-state index in [0.717, 1.165) is 13.2 Å². The molecule has 0 N–H and O–H groups in total. The van der Waals surface area contributed by atoms with Crippen molar-refractivity contribution >= 4 is 28.2 Å². The summed E-state index contributed by atoms with van der Waals surface area (Å²) in [6.45, 7) is -3.02. The summed E-state index contributed by atoms with van der Waals surface area (Å²) in [5, 5.41) is 0. The molecule has 92 valence electrons. The molecule has 0 aromatic heterocycles. The van der Waals surface area contributed by atoms with Gasteiger partial charge in [-0.1, -0.05) is 0 Å². The zero-order valence-electron chi connectivity index (χ0n) is 8.58. The lowest BCUT2D eigenvalue weighted by Gasteiger charge is -2.10. The average molecular weight is 309 g/mol. The maximum absolute atomic E-state index is 12.0. The number of carbonyl (C=O) groups is 2. The number of aldehydes is 1. The van der Waals surface area contributed by atoms with Crippen LogP contribution < -0.4 is 4.74 Å². The van der Waals surface area contributed by atoms with Gasteiger partial charge in [0.05, 0.1) is 17.1 Å². The molecule has 4 nitrogen and oxygen atoms in total. The van der Waals surface area contributed by atoms with E-state index >= 15 is 0 Å². The first kappa shape index (κ1) is 13.6. The highest BCUT2D eigenvalue weighted by Crippen LogP contribution is 2.29. The number of methoxy groups -OCH3 is 1. The summed E-state index contributed by atoms with van der Waals surface area (Å²) >= 11 is 2.95. The van der Waals surface area contributed by atoms with Gasteiger partial charge in [0.2, 0.25) is 0 Å². The smallest absolute Gasteiger partial charge is 0.387 e. The molecular formula is C10H7BrF2O4. The third-order valence-electron chi connectivity index (χ3n) is 1.85. The van der Waals surface area contributed by atoms with Crippen molar-refractivity contribution in [1.29, 1.82) is 0 Å². The Labute approximate surface area is 104 Å². The highest BCUT2D eigenvalue weighted by Gasteiger charge is 2.17. The minimum Gasteiger partial charge on any atom is -0.465 e. The molecule has 0 aliphatic rings. The van der Waals surface area contributed by atoms with Crippen molar-refractivity contribution in [2.45, 2.75) is 6.61 Å². The highest BCUT2D eigenvalue weighted by molar-refractivity contribution is 9.10. The van der Waals surface area contributed by atoms with E-state index in [4.69, 9.17) is 0 Å². The van der Waals surface area contributed by atoms with Gasteiger partial charge in [-0.05, 0) is 28.1 Å². The van der Waals surface area contributed by atoms with Crippen molar-refractivity contribution in [3.63, 3.8) is 0 Å². The summed E-state index contributed by atoms with van der Waals surface area (Å²) in [4.78, 5) is 22.0. The normalized spacial score (nSPS) is 10.2. The molecule has 0 unspecified atom stereocenters. The zero-order chi connectivity index (χ0) is 13.0. The number of ether oxygens (including phenoxy) is 2. The van der Waals surface area contributed by atoms with Crippen LogP contribution in [0.3, 0.4) is 0 Å². The topological polar surface area (TPSA) is 52.6 Å². The molecule has 0 atom stereocenters. The monoisotopic (exact) mass is 308 g/mol. The fourth-order valence-corrected chi connectivity index (χ4v) is 1.58. The summed E-state index contributed by atoms with van der Waals surface area (Å²) in [5.41, 5.74) is -0.119. The van der Waals surface area contributed by atoms with Crippen molar-refractivity contribution in [1.82, 2.24) is 0 Å². The first-order valence-corrected chi connectivity index (χ1v) is 5.10. The lowest BCUT2D eigenvalue weighted by atomic mass is 10.1. The summed E-state index contributed by atoms with van der Waals surface area (Å²) < 4.78 is 32.8. The van der Waals surface area contributed by atoms with E-state index < -0.39 is 12.6 Å². The van der Waals surface area contributed by atoms with Crippen molar-refractivity contribution in [2.24, 2.45) is 0 Å². The first-order chi connectivity index (χ1) is 7.99. The third-order valence-corrected chi connectivity index (χ3v) is 2.47. The maximum atomic E-state index is 12.0. The fraction of sp³-hybridized carbons (Fsp3) is 0.200. The van der Waals surface area contributed by atoms with E-state index in [1.807, 2.05) is 0 Å². The number of hydrogen-bond acceptors (Lipinski definition) is 4. The number of alkyl halides is 2. The van der Waals surface area contributed by atoms with E-state index in [1.54, 1.807) is 0 Å². The van der Waals surface area contributed by atoms with Crippen molar-refractivity contribution in [3.05, 3.63) is 27.7 Å². The molecule has 1 aromatic rings. The second-order valence-electron chi connectivity index (χ2n) is 2.86. The van der Waals surface area contributed by atoms with Gasteiger partial charge in [-0.25, -0.2) is 4.79 Å². The van der Waals surface area contributed by atoms with E-state index in [9.17, 15) is 18.4 Å². The van der Waals surface area contributed by atoms with Crippen LogP contribution in [0.2, 0.25) is 0 Å². The van der Waals surface area contributed by atoms with Crippen LogP contribution in [-0.4, -0.2) is 26.0 Å². The van der Waals surface area contributed by atoms with Crippen LogP contribution in [0.1, 0.15) is 20.7 Å². The molecule has 0 radical (unpaired) electrons. The summed E-state index contributed by atoms with van der Waals surface area (Å²) in [6.07, 6.45) is 0.358. The Hall–Kier alpha value is -1.50. The van der Waals surface area contributed by atoms with Crippen molar-refractivity contribution < 1.29 is 27.8 Å². The van der Waals surface area contributed by atoms with Gasteiger partial charge in [-0.15, -0.1) is 0 Å². The number of rotatable bonds is 4. The molecule has 0 spiro atoms. The maximum Gasteiger partial charge on any atom is 0.387 e. The molecule has 0 heterocycles. The van der Waals surface area contributed by atoms with Crippen LogP contribution >= 0.6 is 15.9 Å².